The fraction of sp³-hybridized carbons (Fsp3) is 0.135. The molecule has 0 saturated heterocycles. The average molecular weight is 599 g/mol. The van der Waals surface area contributed by atoms with E-state index in [0.29, 0.717) is 35.3 Å². The Bertz CT molecular complexity index is 1590. The molecule has 4 aromatic rings. The van der Waals surface area contributed by atoms with Crippen LogP contribution in [0.25, 0.3) is 34.4 Å². The molecule has 0 heterocycles. The van der Waals surface area contributed by atoms with Gasteiger partial charge in [0.2, 0.25) is 11.8 Å². The molecule has 0 spiro atoms. The summed E-state index contributed by atoms with van der Waals surface area (Å²) >= 11 is 0. The Kier molecular flexibility index (Phi) is 14.2. The van der Waals surface area contributed by atoms with Gasteiger partial charge in [-0.05, 0) is 52.9 Å². The van der Waals surface area contributed by atoms with Gasteiger partial charge in [0, 0.05) is 23.3 Å². The minimum absolute atomic E-state index is 0.139. The maximum absolute atomic E-state index is 10.8. The normalized spacial score (nSPS) is 10.5. The number of hydrogen-bond acceptors (Lipinski definition) is 6. The second kappa shape index (κ2) is 18.0. The van der Waals surface area contributed by atoms with Crippen LogP contribution in [0.2, 0.25) is 0 Å². The van der Waals surface area contributed by atoms with Gasteiger partial charge in [-0.25, -0.2) is 0 Å². The fourth-order valence-corrected chi connectivity index (χ4v) is 3.81. The van der Waals surface area contributed by atoms with Crippen LogP contribution in [0.4, 0.5) is 0 Å². The molecule has 45 heavy (non-hydrogen) atoms. The van der Waals surface area contributed by atoms with Gasteiger partial charge in [-0.1, -0.05) is 111 Å². The van der Waals surface area contributed by atoms with Gasteiger partial charge in [-0.3, -0.25) is 9.59 Å². The lowest BCUT2D eigenvalue weighted by atomic mass is 9.95. The van der Waals surface area contributed by atoms with Crippen molar-refractivity contribution in [1.82, 2.24) is 0 Å². The Morgan fingerprint density at radius 2 is 0.978 bits per heavy atom. The summed E-state index contributed by atoms with van der Waals surface area (Å²) in [4.78, 5) is 21.6. The van der Waals surface area contributed by atoms with Gasteiger partial charge in [-0.15, -0.1) is 0 Å². The number of carbonyl (C=O) groups excluding carboxylic acids is 2. The van der Waals surface area contributed by atoms with Gasteiger partial charge in [0.25, 0.3) is 0 Å². The van der Waals surface area contributed by atoms with Crippen LogP contribution in [0.3, 0.4) is 0 Å². The SMILES string of the molecule is CC(C)(CN)CN.N#Cc1c(C=CC(N)=O)cccc1-c1ccccc1.N#Cc1c(C=CC(N)=O)cccc1-c1ccccc1. The average Bonchev–Trinajstić information content (AvgIpc) is 3.07. The van der Waals surface area contributed by atoms with Crippen LogP contribution in [-0.4, -0.2) is 24.9 Å². The van der Waals surface area contributed by atoms with Crippen molar-refractivity contribution in [2.45, 2.75) is 13.8 Å². The third kappa shape index (κ3) is 11.4. The molecule has 8 heteroatoms. The largest absolute Gasteiger partial charge is 0.366 e. The van der Waals surface area contributed by atoms with Gasteiger partial charge in [-0.2, -0.15) is 10.5 Å². The van der Waals surface area contributed by atoms with Crippen LogP contribution in [0, 0.1) is 28.1 Å². The van der Waals surface area contributed by atoms with Crippen molar-refractivity contribution in [3.63, 3.8) is 0 Å². The molecule has 0 bridgehead atoms. The lowest BCUT2D eigenvalue weighted by Gasteiger charge is -2.18. The van der Waals surface area contributed by atoms with Crippen molar-refractivity contribution in [3.05, 3.63) is 131 Å². The molecule has 0 aliphatic carbocycles. The van der Waals surface area contributed by atoms with E-state index in [1.165, 1.54) is 12.2 Å². The topological polar surface area (TPSA) is 186 Å². The summed E-state index contributed by atoms with van der Waals surface area (Å²) in [5, 5.41) is 18.7. The van der Waals surface area contributed by atoms with E-state index in [-0.39, 0.29) is 5.41 Å². The van der Waals surface area contributed by atoms with Crippen molar-refractivity contribution in [2.24, 2.45) is 28.3 Å². The van der Waals surface area contributed by atoms with Gasteiger partial charge in [0.1, 0.15) is 12.1 Å². The van der Waals surface area contributed by atoms with Crippen molar-refractivity contribution >= 4 is 24.0 Å². The summed E-state index contributed by atoms with van der Waals surface area (Å²) < 4.78 is 0. The van der Waals surface area contributed by atoms with Crippen molar-refractivity contribution in [1.29, 1.82) is 10.5 Å². The lowest BCUT2D eigenvalue weighted by molar-refractivity contribution is -0.114. The molecule has 2 amide bonds. The van der Waals surface area contributed by atoms with Crippen molar-refractivity contribution in [3.8, 4) is 34.4 Å². The maximum atomic E-state index is 10.8. The zero-order chi connectivity index (χ0) is 33.2. The summed E-state index contributed by atoms with van der Waals surface area (Å²) in [7, 11) is 0. The minimum Gasteiger partial charge on any atom is -0.366 e. The highest BCUT2D eigenvalue weighted by Crippen LogP contribution is 2.27. The number of nitriles is 2. The van der Waals surface area contributed by atoms with Gasteiger partial charge in [0.05, 0.1) is 11.1 Å². The number of carbonyl (C=O) groups is 2. The van der Waals surface area contributed by atoms with E-state index >= 15 is 0 Å². The van der Waals surface area contributed by atoms with Crippen LogP contribution in [0.5, 0.6) is 0 Å². The van der Waals surface area contributed by atoms with Crippen LogP contribution < -0.4 is 22.9 Å². The molecule has 4 aromatic carbocycles. The first-order valence-corrected chi connectivity index (χ1v) is 14.1. The number of nitrogens with zero attached hydrogens (tertiary/aromatic N) is 2. The molecule has 0 aromatic heterocycles. The van der Waals surface area contributed by atoms with E-state index in [9.17, 15) is 20.1 Å². The zero-order valence-electron chi connectivity index (χ0n) is 25.5. The molecular weight excluding hydrogens is 560 g/mol. The number of primary amides is 2. The fourth-order valence-electron chi connectivity index (χ4n) is 3.81. The summed E-state index contributed by atoms with van der Waals surface area (Å²) in [6.07, 6.45) is 5.64. The quantitative estimate of drug-likeness (QED) is 0.197. The highest BCUT2D eigenvalue weighted by atomic mass is 16.1. The molecule has 0 saturated carbocycles. The third-order valence-corrected chi connectivity index (χ3v) is 6.55. The van der Waals surface area contributed by atoms with E-state index in [1.54, 1.807) is 24.3 Å². The van der Waals surface area contributed by atoms with Crippen LogP contribution in [0.1, 0.15) is 36.1 Å². The monoisotopic (exact) mass is 598 g/mol. The molecule has 4 rings (SSSR count). The second-order valence-corrected chi connectivity index (χ2v) is 10.5. The molecular formula is C37H38N6O2. The smallest absolute Gasteiger partial charge is 0.241 e. The third-order valence-electron chi connectivity index (χ3n) is 6.55. The summed E-state index contributed by atoms with van der Waals surface area (Å²) in [6.45, 7) is 5.44. The van der Waals surface area contributed by atoms with Crippen LogP contribution in [-0.2, 0) is 9.59 Å². The molecule has 0 atom stereocenters. The first kappa shape index (κ1) is 35.4. The number of benzene rings is 4. The molecule has 228 valence electrons. The van der Waals surface area contributed by atoms with E-state index in [1.807, 2.05) is 98.8 Å². The van der Waals surface area contributed by atoms with E-state index < -0.39 is 11.8 Å². The Balaban J connectivity index is 0.000000260. The molecule has 8 N–H and O–H groups in total. The van der Waals surface area contributed by atoms with Gasteiger partial charge in [0.15, 0.2) is 0 Å². The zero-order valence-corrected chi connectivity index (χ0v) is 25.5. The maximum Gasteiger partial charge on any atom is 0.241 e. The summed E-state index contributed by atoms with van der Waals surface area (Å²) in [5.74, 6) is -1.07. The Labute approximate surface area is 264 Å². The molecule has 0 aliphatic heterocycles. The minimum atomic E-state index is -0.533. The molecule has 0 fully saturated rings. The lowest BCUT2D eigenvalue weighted by Crippen LogP contribution is -2.31. The standard InChI is InChI=1S/2C16H12N2O.C5H14N2/c2*17-11-15-13(9-10-16(18)19)7-4-8-14(15)12-5-2-1-3-6-12;1-5(2,3-6)4-7/h2*1-10H,(H2,18,19);3-4,6-7H2,1-2H3. The first-order chi connectivity index (χ1) is 21.6. The molecule has 0 aliphatic rings. The van der Waals surface area contributed by atoms with Crippen LogP contribution in [0.15, 0.2) is 109 Å². The molecule has 0 unspecified atom stereocenters. The molecule has 0 radical (unpaired) electrons. The highest BCUT2D eigenvalue weighted by Gasteiger charge is 2.11. The van der Waals surface area contributed by atoms with E-state index in [2.05, 4.69) is 12.1 Å². The van der Waals surface area contributed by atoms with Gasteiger partial charge >= 0.3 is 0 Å². The number of nitrogens with two attached hydrogens (primary N) is 4. The van der Waals surface area contributed by atoms with E-state index in [0.717, 1.165) is 22.3 Å². The Hall–Kier alpha value is -5.80. The van der Waals surface area contributed by atoms with E-state index in [4.69, 9.17) is 22.9 Å². The number of amides is 2. The predicted octanol–water partition coefficient (Wildman–Crippen LogP) is 5.38. The summed E-state index contributed by atoms with van der Waals surface area (Å²) in [6, 6.07) is 34.7. The highest BCUT2D eigenvalue weighted by molar-refractivity contribution is 5.92. The number of rotatable bonds is 8. The predicted molar refractivity (Wildman–Crippen MR) is 182 cm³/mol. The Morgan fingerprint density at radius 1 is 0.622 bits per heavy atom. The van der Waals surface area contributed by atoms with Gasteiger partial charge < -0.3 is 22.9 Å². The molecule has 8 nitrogen and oxygen atoms in total. The van der Waals surface area contributed by atoms with Crippen molar-refractivity contribution < 1.29 is 9.59 Å². The second-order valence-electron chi connectivity index (χ2n) is 10.5. The van der Waals surface area contributed by atoms with Crippen LogP contribution >= 0.6 is 0 Å². The first-order valence-electron chi connectivity index (χ1n) is 14.1. The van der Waals surface area contributed by atoms with Crippen molar-refractivity contribution in [2.75, 3.05) is 13.1 Å². The Morgan fingerprint density at radius 3 is 1.24 bits per heavy atom. The summed E-state index contributed by atoms with van der Waals surface area (Å²) in [5.41, 5.74) is 27.0. The number of hydrogen-bond donors (Lipinski definition) is 4.